The zero-order valence-electron chi connectivity index (χ0n) is 9.37. The third-order valence-corrected chi connectivity index (χ3v) is 2.46. The van der Waals surface area contributed by atoms with Crippen LogP contribution < -0.4 is 0 Å². The van der Waals surface area contributed by atoms with Crippen molar-refractivity contribution in [2.24, 2.45) is 0 Å². The smallest absolute Gasteiger partial charge is 0.0954 e. The molecule has 0 aromatic carbocycles. The molecule has 5 heteroatoms. The quantitative estimate of drug-likeness (QED) is 0.818. The van der Waals surface area contributed by atoms with Crippen LogP contribution in [0.3, 0.4) is 0 Å². The lowest BCUT2D eigenvalue weighted by Gasteiger charge is -2.06. The van der Waals surface area contributed by atoms with E-state index in [2.05, 4.69) is 21.5 Å². The molecule has 0 atom stereocenters. The molecule has 0 saturated carbocycles. The van der Waals surface area contributed by atoms with E-state index in [9.17, 15) is 0 Å². The van der Waals surface area contributed by atoms with Crippen LogP contribution in [0.1, 0.15) is 24.7 Å². The van der Waals surface area contributed by atoms with Gasteiger partial charge in [-0.3, -0.25) is 0 Å². The highest BCUT2D eigenvalue weighted by Gasteiger charge is 2.03. The molecule has 0 radical (unpaired) electrons. The molecule has 0 spiro atoms. The average Bonchev–Trinajstić information content (AvgIpc) is 2.90. The number of nitrogens with zero attached hydrogens (tertiary/aromatic N) is 4. The van der Waals surface area contributed by atoms with Crippen molar-refractivity contribution in [3.63, 3.8) is 0 Å². The lowest BCUT2D eigenvalue weighted by atomic mass is 10.4. The van der Waals surface area contributed by atoms with E-state index in [0.29, 0.717) is 5.69 Å². The summed E-state index contributed by atoms with van der Waals surface area (Å²) >= 11 is 0. The molecular weight excluding hydrogens is 204 g/mol. The SMILES string of the molecule is CCCn1cncc1Cn1cnc(CO)c1. The molecule has 0 aliphatic rings. The second kappa shape index (κ2) is 4.94. The standard InChI is InChI=1S/C11H16N4O/c1-2-3-15-8-12-4-11(15)6-14-5-10(7-16)13-9-14/h4-5,8-9,16H,2-3,6-7H2,1H3. The zero-order valence-corrected chi connectivity index (χ0v) is 9.37. The van der Waals surface area contributed by atoms with Gasteiger partial charge in [-0.25, -0.2) is 9.97 Å². The maximum absolute atomic E-state index is 8.92. The molecule has 0 unspecified atom stereocenters. The van der Waals surface area contributed by atoms with Crippen LogP contribution in [-0.2, 0) is 19.7 Å². The number of rotatable bonds is 5. The van der Waals surface area contributed by atoms with Gasteiger partial charge in [-0.05, 0) is 6.42 Å². The van der Waals surface area contributed by atoms with Crippen LogP contribution >= 0.6 is 0 Å². The van der Waals surface area contributed by atoms with Crippen LogP contribution in [0.2, 0.25) is 0 Å². The lowest BCUT2D eigenvalue weighted by molar-refractivity contribution is 0.277. The van der Waals surface area contributed by atoms with Crippen molar-refractivity contribution in [1.29, 1.82) is 0 Å². The largest absolute Gasteiger partial charge is 0.390 e. The van der Waals surface area contributed by atoms with Crippen LogP contribution in [-0.4, -0.2) is 24.2 Å². The number of hydrogen-bond donors (Lipinski definition) is 1. The van der Waals surface area contributed by atoms with Crippen molar-refractivity contribution in [2.75, 3.05) is 0 Å². The molecule has 1 N–H and O–H groups in total. The first-order valence-electron chi connectivity index (χ1n) is 5.44. The van der Waals surface area contributed by atoms with Gasteiger partial charge in [-0.1, -0.05) is 6.92 Å². The molecule has 86 valence electrons. The molecule has 2 aromatic heterocycles. The summed E-state index contributed by atoms with van der Waals surface area (Å²) < 4.78 is 4.09. The van der Waals surface area contributed by atoms with Gasteiger partial charge in [0.05, 0.1) is 37.2 Å². The molecule has 16 heavy (non-hydrogen) atoms. The minimum Gasteiger partial charge on any atom is -0.390 e. The van der Waals surface area contributed by atoms with Gasteiger partial charge < -0.3 is 14.2 Å². The Morgan fingerprint density at radius 1 is 1.38 bits per heavy atom. The molecule has 5 nitrogen and oxygen atoms in total. The van der Waals surface area contributed by atoms with Gasteiger partial charge in [0.2, 0.25) is 0 Å². The topological polar surface area (TPSA) is 55.9 Å². The Morgan fingerprint density at radius 3 is 2.94 bits per heavy atom. The predicted molar refractivity (Wildman–Crippen MR) is 59.8 cm³/mol. The number of aliphatic hydroxyl groups is 1. The number of aromatic nitrogens is 4. The summed E-state index contributed by atoms with van der Waals surface area (Å²) in [6.07, 6.45) is 8.39. The summed E-state index contributed by atoms with van der Waals surface area (Å²) in [5.74, 6) is 0. The van der Waals surface area contributed by atoms with Gasteiger partial charge in [-0.15, -0.1) is 0 Å². The molecular formula is C11H16N4O. The third kappa shape index (κ3) is 2.30. The van der Waals surface area contributed by atoms with E-state index in [1.165, 1.54) is 0 Å². The van der Waals surface area contributed by atoms with E-state index in [1.54, 1.807) is 6.33 Å². The van der Waals surface area contributed by atoms with Crippen LogP contribution in [0.4, 0.5) is 0 Å². The monoisotopic (exact) mass is 220 g/mol. The molecule has 0 aliphatic carbocycles. The highest BCUT2D eigenvalue weighted by molar-refractivity contribution is 5.02. The van der Waals surface area contributed by atoms with Crippen LogP contribution in [0, 0.1) is 0 Å². The first-order valence-corrected chi connectivity index (χ1v) is 5.44. The van der Waals surface area contributed by atoms with Crippen LogP contribution in [0.15, 0.2) is 25.0 Å². The summed E-state index contributed by atoms with van der Waals surface area (Å²) in [7, 11) is 0. The Balaban J connectivity index is 2.10. The second-order valence-electron chi connectivity index (χ2n) is 3.77. The van der Waals surface area contributed by atoms with E-state index < -0.39 is 0 Å². The first-order chi connectivity index (χ1) is 7.83. The van der Waals surface area contributed by atoms with Crippen molar-refractivity contribution >= 4 is 0 Å². The summed E-state index contributed by atoms with van der Waals surface area (Å²) in [6, 6.07) is 0. The van der Waals surface area contributed by atoms with E-state index in [1.807, 2.05) is 23.3 Å². The Morgan fingerprint density at radius 2 is 2.25 bits per heavy atom. The van der Waals surface area contributed by atoms with Crippen molar-refractivity contribution < 1.29 is 5.11 Å². The minimum atomic E-state index is -0.0127. The summed E-state index contributed by atoms with van der Waals surface area (Å²) in [4.78, 5) is 8.22. The Labute approximate surface area is 94.4 Å². The van der Waals surface area contributed by atoms with Crippen molar-refractivity contribution in [3.05, 3.63) is 36.4 Å². The van der Waals surface area contributed by atoms with E-state index in [-0.39, 0.29) is 6.61 Å². The minimum absolute atomic E-state index is 0.0127. The van der Waals surface area contributed by atoms with Gasteiger partial charge >= 0.3 is 0 Å². The molecule has 2 heterocycles. The Bertz CT molecular complexity index is 446. The number of hydrogen-bond acceptors (Lipinski definition) is 3. The van der Waals surface area contributed by atoms with Gasteiger partial charge in [-0.2, -0.15) is 0 Å². The molecule has 2 rings (SSSR count). The second-order valence-corrected chi connectivity index (χ2v) is 3.77. The first kappa shape index (κ1) is 10.9. The molecule has 2 aromatic rings. The molecule has 0 amide bonds. The van der Waals surface area contributed by atoms with Crippen molar-refractivity contribution in [1.82, 2.24) is 19.1 Å². The number of aliphatic hydroxyl groups excluding tert-OH is 1. The fraction of sp³-hybridized carbons (Fsp3) is 0.455. The fourth-order valence-electron chi connectivity index (χ4n) is 1.68. The van der Waals surface area contributed by atoms with Crippen molar-refractivity contribution in [2.45, 2.75) is 33.0 Å². The average molecular weight is 220 g/mol. The van der Waals surface area contributed by atoms with E-state index in [4.69, 9.17) is 5.11 Å². The third-order valence-electron chi connectivity index (χ3n) is 2.46. The fourth-order valence-corrected chi connectivity index (χ4v) is 1.68. The van der Waals surface area contributed by atoms with E-state index in [0.717, 1.165) is 25.2 Å². The predicted octanol–water partition coefficient (Wildman–Crippen LogP) is 1.03. The van der Waals surface area contributed by atoms with Gasteiger partial charge in [0.1, 0.15) is 0 Å². The summed E-state index contributed by atoms with van der Waals surface area (Å²) in [5.41, 5.74) is 1.85. The van der Waals surface area contributed by atoms with Gasteiger partial charge in [0, 0.05) is 18.9 Å². The van der Waals surface area contributed by atoms with Crippen molar-refractivity contribution in [3.8, 4) is 0 Å². The Hall–Kier alpha value is -1.62. The molecule has 0 bridgehead atoms. The van der Waals surface area contributed by atoms with E-state index >= 15 is 0 Å². The highest BCUT2D eigenvalue weighted by Crippen LogP contribution is 2.05. The number of imidazole rings is 2. The zero-order chi connectivity index (χ0) is 11.4. The molecule has 0 saturated heterocycles. The summed E-state index contributed by atoms with van der Waals surface area (Å²) in [6.45, 7) is 3.86. The highest BCUT2D eigenvalue weighted by atomic mass is 16.3. The van der Waals surface area contributed by atoms with Crippen LogP contribution in [0.5, 0.6) is 0 Å². The number of aryl methyl sites for hydroxylation is 1. The van der Waals surface area contributed by atoms with Crippen LogP contribution in [0.25, 0.3) is 0 Å². The Kier molecular flexibility index (Phi) is 3.36. The van der Waals surface area contributed by atoms with Gasteiger partial charge in [0.15, 0.2) is 0 Å². The lowest BCUT2D eigenvalue weighted by Crippen LogP contribution is -2.05. The molecule has 0 fully saturated rings. The normalized spacial score (nSPS) is 10.9. The van der Waals surface area contributed by atoms with Gasteiger partial charge in [0.25, 0.3) is 0 Å². The maximum Gasteiger partial charge on any atom is 0.0954 e. The summed E-state index contributed by atoms with van der Waals surface area (Å²) in [5, 5.41) is 8.92. The maximum atomic E-state index is 8.92. The molecule has 0 aliphatic heterocycles.